The van der Waals surface area contributed by atoms with E-state index in [-0.39, 0.29) is 5.91 Å². The summed E-state index contributed by atoms with van der Waals surface area (Å²) in [5, 5.41) is 7.51. The van der Waals surface area contributed by atoms with Crippen LogP contribution in [0.5, 0.6) is 0 Å². The second-order valence-electron chi connectivity index (χ2n) is 6.42. The number of halogens is 1. The van der Waals surface area contributed by atoms with Crippen LogP contribution in [-0.2, 0) is 0 Å². The molecule has 7 heteroatoms. The number of nitrogens with one attached hydrogen (secondary N) is 1. The van der Waals surface area contributed by atoms with Gasteiger partial charge in [-0.2, -0.15) is 9.61 Å². The summed E-state index contributed by atoms with van der Waals surface area (Å²) in [7, 11) is 0. The molecule has 1 amide bonds. The van der Waals surface area contributed by atoms with Gasteiger partial charge in [0.2, 0.25) is 0 Å². The Morgan fingerprint density at radius 1 is 1.23 bits per heavy atom. The molecule has 3 heterocycles. The Morgan fingerprint density at radius 3 is 2.96 bits per heavy atom. The number of amides is 1. The maximum Gasteiger partial charge on any atom is 0.257 e. The van der Waals surface area contributed by atoms with E-state index in [1.54, 1.807) is 41.2 Å². The minimum atomic E-state index is -0.399. The molecule has 0 spiro atoms. The van der Waals surface area contributed by atoms with Gasteiger partial charge in [-0.15, -0.1) is 0 Å². The lowest BCUT2D eigenvalue weighted by molar-refractivity contribution is 0.102. The average molecular weight is 347 g/mol. The molecule has 1 saturated carbocycles. The van der Waals surface area contributed by atoms with Crippen molar-refractivity contribution in [3.05, 3.63) is 65.9 Å². The van der Waals surface area contributed by atoms with Crippen LogP contribution >= 0.6 is 0 Å². The second kappa shape index (κ2) is 5.59. The van der Waals surface area contributed by atoms with Crippen LogP contribution in [0.15, 0.2) is 48.8 Å². The highest BCUT2D eigenvalue weighted by molar-refractivity contribution is 6.12. The first-order chi connectivity index (χ1) is 12.7. The summed E-state index contributed by atoms with van der Waals surface area (Å²) in [5.74, 6) is 0.106. The van der Waals surface area contributed by atoms with Gasteiger partial charge in [0, 0.05) is 23.2 Å². The number of carbonyl (C=O) groups excluding carboxylic acids is 1. The van der Waals surface area contributed by atoms with E-state index in [1.165, 1.54) is 12.1 Å². The topological polar surface area (TPSA) is 72.2 Å². The zero-order chi connectivity index (χ0) is 17.7. The summed E-state index contributed by atoms with van der Waals surface area (Å²) in [6, 6.07) is 9.66. The zero-order valence-corrected chi connectivity index (χ0v) is 13.7. The van der Waals surface area contributed by atoms with Crippen molar-refractivity contribution in [3.63, 3.8) is 0 Å². The number of benzene rings is 1. The Labute approximate surface area is 147 Å². The monoisotopic (exact) mass is 347 g/mol. The summed E-state index contributed by atoms with van der Waals surface area (Å²) in [4.78, 5) is 21.7. The minimum absolute atomic E-state index is 0.336. The fourth-order valence-corrected chi connectivity index (χ4v) is 3.09. The number of aromatic nitrogens is 4. The van der Waals surface area contributed by atoms with E-state index in [9.17, 15) is 9.18 Å². The van der Waals surface area contributed by atoms with Crippen molar-refractivity contribution >= 4 is 28.3 Å². The third-order valence-corrected chi connectivity index (χ3v) is 4.55. The fourth-order valence-electron chi connectivity index (χ4n) is 3.09. The molecule has 3 aromatic heterocycles. The van der Waals surface area contributed by atoms with Crippen molar-refractivity contribution in [2.45, 2.75) is 18.8 Å². The maximum atomic E-state index is 13.8. The number of carbonyl (C=O) groups is 1. The number of imidazole rings is 1. The maximum absolute atomic E-state index is 13.8. The van der Waals surface area contributed by atoms with Crippen molar-refractivity contribution in [3.8, 4) is 0 Å². The van der Waals surface area contributed by atoms with Gasteiger partial charge >= 0.3 is 0 Å². The SMILES string of the molecule is O=C(Nc1cnc2cccnn12)c1cc(C2CC2)nc2ccc(F)cc12. The van der Waals surface area contributed by atoms with Crippen LogP contribution in [0, 0.1) is 5.82 Å². The number of rotatable bonds is 3. The highest BCUT2D eigenvalue weighted by Crippen LogP contribution is 2.40. The van der Waals surface area contributed by atoms with Crippen molar-refractivity contribution < 1.29 is 9.18 Å². The highest BCUT2D eigenvalue weighted by Gasteiger charge is 2.27. The molecule has 0 radical (unpaired) electrons. The first kappa shape index (κ1) is 14.9. The third-order valence-electron chi connectivity index (χ3n) is 4.55. The summed E-state index contributed by atoms with van der Waals surface area (Å²) >= 11 is 0. The molecule has 1 N–H and O–H groups in total. The van der Waals surface area contributed by atoms with Crippen LogP contribution in [0.4, 0.5) is 10.2 Å². The molecule has 1 fully saturated rings. The van der Waals surface area contributed by atoms with Gasteiger partial charge in [0.05, 0.1) is 17.3 Å². The Balaban J connectivity index is 1.60. The van der Waals surface area contributed by atoms with E-state index >= 15 is 0 Å². The lowest BCUT2D eigenvalue weighted by Crippen LogP contribution is -2.15. The average Bonchev–Trinajstić information content (AvgIpc) is 3.43. The Bertz CT molecular complexity index is 1170. The smallest absolute Gasteiger partial charge is 0.257 e. The van der Waals surface area contributed by atoms with E-state index in [0.29, 0.717) is 33.8 Å². The molecule has 6 nitrogen and oxygen atoms in total. The molecule has 1 aromatic carbocycles. The fraction of sp³-hybridized carbons (Fsp3) is 0.158. The molecule has 0 unspecified atom stereocenters. The third kappa shape index (κ3) is 2.48. The molecule has 4 aromatic rings. The van der Waals surface area contributed by atoms with Gasteiger partial charge in [0.15, 0.2) is 11.5 Å². The molecule has 26 heavy (non-hydrogen) atoms. The van der Waals surface area contributed by atoms with Gasteiger partial charge in [0.25, 0.3) is 5.91 Å². The number of anilines is 1. The first-order valence-electron chi connectivity index (χ1n) is 8.39. The van der Waals surface area contributed by atoms with Gasteiger partial charge in [-0.05, 0) is 49.2 Å². The number of pyridine rings is 1. The molecule has 128 valence electrons. The van der Waals surface area contributed by atoms with Crippen LogP contribution in [0.1, 0.15) is 34.8 Å². The van der Waals surface area contributed by atoms with E-state index in [0.717, 1.165) is 18.5 Å². The van der Waals surface area contributed by atoms with Gasteiger partial charge in [0.1, 0.15) is 5.82 Å². The van der Waals surface area contributed by atoms with E-state index < -0.39 is 5.82 Å². The van der Waals surface area contributed by atoms with Crippen molar-refractivity contribution in [2.24, 2.45) is 0 Å². The zero-order valence-electron chi connectivity index (χ0n) is 13.7. The molecule has 5 rings (SSSR count). The largest absolute Gasteiger partial charge is 0.305 e. The summed E-state index contributed by atoms with van der Waals surface area (Å²) < 4.78 is 15.3. The molecular weight excluding hydrogens is 333 g/mol. The highest BCUT2D eigenvalue weighted by atomic mass is 19.1. The number of hydrogen-bond acceptors (Lipinski definition) is 4. The van der Waals surface area contributed by atoms with E-state index in [1.807, 2.05) is 0 Å². The number of fused-ring (bicyclic) bond motifs is 2. The molecule has 0 saturated heterocycles. The Kier molecular flexibility index (Phi) is 3.21. The predicted octanol–water partition coefficient (Wildman–Crippen LogP) is 3.55. The van der Waals surface area contributed by atoms with Crippen molar-refractivity contribution in [1.82, 2.24) is 19.6 Å². The standard InChI is InChI=1S/C19H14FN5O/c20-12-5-6-15-13(8-12)14(9-16(23-15)11-3-4-11)19(26)24-18-10-21-17-2-1-7-22-25(17)18/h1-2,5-11H,3-4H2,(H,24,26). The molecule has 0 atom stereocenters. The molecule has 1 aliphatic carbocycles. The minimum Gasteiger partial charge on any atom is -0.305 e. The van der Waals surface area contributed by atoms with Gasteiger partial charge in [-0.3, -0.25) is 9.78 Å². The van der Waals surface area contributed by atoms with Crippen LogP contribution < -0.4 is 5.32 Å². The van der Waals surface area contributed by atoms with Crippen molar-refractivity contribution in [1.29, 1.82) is 0 Å². The van der Waals surface area contributed by atoms with Gasteiger partial charge in [-0.25, -0.2) is 9.37 Å². The molecular formula is C19H14FN5O. The normalized spacial score (nSPS) is 14.0. The summed E-state index contributed by atoms with van der Waals surface area (Å²) in [5.41, 5.74) is 2.54. The lowest BCUT2D eigenvalue weighted by Gasteiger charge is -2.10. The van der Waals surface area contributed by atoms with Crippen LogP contribution in [0.25, 0.3) is 16.6 Å². The molecule has 1 aliphatic rings. The van der Waals surface area contributed by atoms with Crippen LogP contribution in [-0.4, -0.2) is 25.5 Å². The lowest BCUT2D eigenvalue weighted by atomic mass is 10.1. The molecule has 0 aliphatic heterocycles. The van der Waals surface area contributed by atoms with Gasteiger partial charge < -0.3 is 5.32 Å². The first-order valence-corrected chi connectivity index (χ1v) is 8.39. The summed E-state index contributed by atoms with van der Waals surface area (Å²) in [6.45, 7) is 0. The van der Waals surface area contributed by atoms with Gasteiger partial charge in [-0.1, -0.05) is 0 Å². The van der Waals surface area contributed by atoms with E-state index in [2.05, 4.69) is 20.4 Å². The Morgan fingerprint density at radius 2 is 2.12 bits per heavy atom. The van der Waals surface area contributed by atoms with Crippen LogP contribution in [0.3, 0.4) is 0 Å². The molecule has 0 bridgehead atoms. The van der Waals surface area contributed by atoms with Crippen LogP contribution in [0.2, 0.25) is 0 Å². The quantitative estimate of drug-likeness (QED) is 0.615. The van der Waals surface area contributed by atoms with Crippen molar-refractivity contribution in [2.75, 3.05) is 5.32 Å². The second-order valence-corrected chi connectivity index (χ2v) is 6.42. The van der Waals surface area contributed by atoms with E-state index in [4.69, 9.17) is 0 Å². The number of hydrogen-bond donors (Lipinski definition) is 1. The summed E-state index contributed by atoms with van der Waals surface area (Å²) in [6.07, 6.45) is 5.30. The predicted molar refractivity (Wildman–Crippen MR) is 94.6 cm³/mol. The number of nitrogens with zero attached hydrogens (tertiary/aromatic N) is 4. The Hall–Kier alpha value is -3.35.